The standard InChI is InChI=1S/C17H20N3O10P.2Na/c21-11-6-7-20(16(24)19-11)14-13(23)12(22)10(29-14)8-18-17(25)30-15(31(26,27)28)9-4-2-1-3-5-9;;/h1-7,10,12-15,22-23H,8H2,(H,18,25)(H,19,21,24)(H2,26,27,28);;/q;2*+1/p-2/t10-,12-,13-,14-,15?;;/m1../s1. The van der Waals surface area contributed by atoms with Crippen molar-refractivity contribution in [3.05, 3.63) is 69.0 Å². The molecule has 0 saturated carbocycles. The minimum Gasteiger partial charge on any atom is -0.808 e. The van der Waals surface area contributed by atoms with Gasteiger partial charge in [0.1, 0.15) is 18.3 Å². The second kappa shape index (κ2) is 12.8. The number of hydrogen-bond donors (Lipinski definition) is 4. The van der Waals surface area contributed by atoms with Crippen LogP contribution in [0.2, 0.25) is 0 Å². The smallest absolute Gasteiger partial charge is 0.808 e. The molecule has 1 aromatic carbocycles. The van der Waals surface area contributed by atoms with Gasteiger partial charge in [-0.3, -0.25) is 14.3 Å². The number of nitrogens with zero attached hydrogens (tertiary/aromatic N) is 1. The summed E-state index contributed by atoms with van der Waals surface area (Å²) in [5.74, 6) is -2.07. The Morgan fingerprint density at radius 2 is 1.82 bits per heavy atom. The largest absolute Gasteiger partial charge is 1.00 e. The van der Waals surface area contributed by atoms with Crippen molar-refractivity contribution in [3.63, 3.8) is 0 Å². The molecule has 0 spiro atoms. The van der Waals surface area contributed by atoms with Crippen LogP contribution in [0, 0.1) is 0 Å². The maximum atomic E-state index is 12.0. The molecule has 1 saturated heterocycles. The van der Waals surface area contributed by atoms with E-state index < -0.39 is 61.9 Å². The van der Waals surface area contributed by atoms with Crippen molar-refractivity contribution in [2.45, 2.75) is 30.4 Å². The van der Waals surface area contributed by atoms with Crippen molar-refractivity contribution in [2.24, 2.45) is 0 Å². The molecule has 4 N–H and O–H groups in total. The van der Waals surface area contributed by atoms with Gasteiger partial charge in [-0.1, -0.05) is 30.3 Å². The van der Waals surface area contributed by atoms with Gasteiger partial charge in [-0.2, -0.15) is 0 Å². The van der Waals surface area contributed by atoms with Gasteiger partial charge in [0.05, 0.1) is 0 Å². The van der Waals surface area contributed by atoms with Crippen LogP contribution in [0.5, 0.6) is 0 Å². The maximum Gasteiger partial charge on any atom is 1.00 e. The van der Waals surface area contributed by atoms with Crippen LogP contribution in [0.15, 0.2) is 52.2 Å². The molecule has 0 bridgehead atoms. The van der Waals surface area contributed by atoms with Crippen LogP contribution in [0.1, 0.15) is 17.6 Å². The average Bonchev–Trinajstić information content (AvgIpc) is 2.99. The Bertz CT molecular complexity index is 1090. The summed E-state index contributed by atoms with van der Waals surface area (Å²) in [4.78, 5) is 60.0. The Hall–Kier alpha value is -0.800. The third-order valence-electron chi connectivity index (χ3n) is 4.50. The molecule has 1 amide bonds. The normalized spacial score (nSPS) is 23.0. The molecule has 0 radical (unpaired) electrons. The first-order valence-electron chi connectivity index (χ1n) is 8.92. The van der Waals surface area contributed by atoms with Crippen LogP contribution >= 0.6 is 7.60 Å². The van der Waals surface area contributed by atoms with Crippen LogP contribution in [-0.2, 0) is 14.0 Å². The van der Waals surface area contributed by atoms with E-state index in [4.69, 9.17) is 9.47 Å². The van der Waals surface area contributed by atoms with Gasteiger partial charge < -0.3 is 39.4 Å². The molecule has 168 valence electrons. The number of aromatic amines is 1. The zero-order valence-electron chi connectivity index (χ0n) is 17.7. The third-order valence-corrected chi connectivity index (χ3v) is 5.48. The van der Waals surface area contributed by atoms with E-state index in [0.717, 1.165) is 16.8 Å². The summed E-state index contributed by atoms with van der Waals surface area (Å²) in [5.41, 5.74) is -1.60. The number of alkyl carbamates (subject to hydrolysis) is 1. The van der Waals surface area contributed by atoms with Crippen molar-refractivity contribution in [1.82, 2.24) is 14.9 Å². The van der Waals surface area contributed by atoms with E-state index in [9.17, 15) is 38.9 Å². The quantitative estimate of drug-likeness (QED) is 0.217. The van der Waals surface area contributed by atoms with Gasteiger partial charge >= 0.3 is 70.9 Å². The van der Waals surface area contributed by atoms with Crippen LogP contribution in [-0.4, -0.2) is 50.7 Å². The summed E-state index contributed by atoms with van der Waals surface area (Å²) in [6.07, 6.45) is -5.91. The van der Waals surface area contributed by atoms with Crippen LogP contribution in [0.4, 0.5) is 4.79 Å². The second-order valence-corrected chi connectivity index (χ2v) is 8.20. The summed E-state index contributed by atoms with van der Waals surface area (Å²) < 4.78 is 22.5. The number of hydrogen-bond acceptors (Lipinski definition) is 10. The summed E-state index contributed by atoms with van der Waals surface area (Å²) in [5, 5.41) is 22.4. The molecule has 1 fully saturated rings. The predicted octanol–water partition coefficient (Wildman–Crippen LogP) is -8.50. The van der Waals surface area contributed by atoms with Gasteiger partial charge in [0.25, 0.3) is 5.56 Å². The molecule has 0 aliphatic carbocycles. The summed E-state index contributed by atoms with van der Waals surface area (Å²) in [6, 6.07) is 8.11. The van der Waals surface area contributed by atoms with Gasteiger partial charge in [-0.25, -0.2) is 9.59 Å². The molecule has 2 aromatic rings. The zero-order valence-corrected chi connectivity index (χ0v) is 22.6. The number of aromatic nitrogens is 2. The van der Waals surface area contributed by atoms with E-state index in [0.29, 0.717) is 0 Å². The molecule has 16 heteroatoms. The Balaban J connectivity index is 0.00000272. The average molecular weight is 501 g/mol. The monoisotopic (exact) mass is 501 g/mol. The van der Waals surface area contributed by atoms with E-state index in [1.165, 1.54) is 24.3 Å². The summed E-state index contributed by atoms with van der Waals surface area (Å²) in [7, 11) is -5.35. The number of aliphatic hydroxyl groups excluding tert-OH is 2. The number of carbonyl (C=O) groups is 1. The van der Waals surface area contributed by atoms with E-state index >= 15 is 0 Å². The zero-order chi connectivity index (χ0) is 22.8. The molecule has 13 nitrogen and oxygen atoms in total. The SMILES string of the molecule is O=C(NC[C@H]1O[C@@H](n2ccc(=O)[nH]c2=O)[C@H](O)[C@@H]1O)OC(c1ccccc1)P(=O)([O-])[O-].[Na+].[Na+]. The van der Waals surface area contributed by atoms with Crippen LogP contribution < -0.4 is 85.5 Å². The third kappa shape index (κ3) is 7.59. The van der Waals surface area contributed by atoms with Gasteiger partial charge in [0.15, 0.2) is 12.1 Å². The van der Waals surface area contributed by atoms with Crippen molar-refractivity contribution in [1.29, 1.82) is 0 Å². The molecule has 3 rings (SSSR count). The Morgan fingerprint density at radius 3 is 2.39 bits per heavy atom. The predicted molar refractivity (Wildman–Crippen MR) is 98.5 cm³/mol. The molecule has 33 heavy (non-hydrogen) atoms. The Kier molecular flexibility index (Phi) is 11.7. The first kappa shape index (κ1) is 30.2. The van der Waals surface area contributed by atoms with Crippen molar-refractivity contribution in [3.8, 4) is 0 Å². The van der Waals surface area contributed by atoms with Gasteiger partial charge in [-0.05, 0) is 13.2 Å². The molecule has 2 heterocycles. The maximum absolute atomic E-state index is 12.0. The number of carbonyl (C=O) groups excluding carboxylic acids is 1. The fourth-order valence-electron chi connectivity index (χ4n) is 3.02. The first-order chi connectivity index (χ1) is 14.6. The molecule has 1 aliphatic heterocycles. The first-order valence-corrected chi connectivity index (χ1v) is 10.5. The molecular weight excluding hydrogens is 483 g/mol. The van der Waals surface area contributed by atoms with Gasteiger partial charge in [0.2, 0.25) is 0 Å². The van der Waals surface area contributed by atoms with Gasteiger partial charge in [0, 0.05) is 18.8 Å². The van der Waals surface area contributed by atoms with E-state index in [1.807, 2.05) is 4.98 Å². The fraction of sp³-hybridized carbons (Fsp3) is 0.353. The molecule has 1 aromatic heterocycles. The number of H-pyrrole nitrogens is 1. The minimum atomic E-state index is -5.35. The van der Waals surface area contributed by atoms with Crippen molar-refractivity contribution < 1.29 is 97.9 Å². The number of ether oxygens (including phenoxy) is 2. The van der Waals surface area contributed by atoms with E-state index in [2.05, 4.69) is 5.32 Å². The number of amides is 1. The number of rotatable bonds is 6. The number of benzene rings is 1. The van der Waals surface area contributed by atoms with E-state index in [1.54, 1.807) is 6.07 Å². The molecule has 1 unspecified atom stereocenters. The molecule has 1 aliphatic rings. The Morgan fingerprint density at radius 1 is 1.18 bits per heavy atom. The van der Waals surface area contributed by atoms with Crippen molar-refractivity contribution in [2.75, 3.05) is 6.54 Å². The van der Waals surface area contributed by atoms with E-state index in [-0.39, 0.29) is 64.7 Å². The number of aliphatic hydroxyl groups is 2. The summed E-state index contributed by atoms with van der Waals surface area (Å²) >= 11 is 0. The minimum absolute atomic E-state index is 0. The topological polar surface area (TPSA) is 206 Å². The molecule has 5 atom stereocenters. The Labute approximate surface area is 230 Å². The van der Waals surface area contributed by atoms with Crippen LogP contribution in [0.3, 0.4) is 0 Å². The summed E-state index contributed by atoms with van der Waals surface area (Å²) in [6.45, 7) is -0.449. The van der Waals surface area contributed by atoms with Crippen LogP contribution in [0.25, 0.3) is 0 Å². The second-order valence-electron chi connectivity index (χ2n) is 6.65. The molecular formula is C17H18N3Na2O10P. The van der Waals surface area contributed by atoms with Crippen molar-refractivity contribution >= 4 is 13.7 Å². The number of nitrogens with one attached hydrogen (secondary N) is 2. The van der Waals surface area contributed by atoms with Gasteiger partial charge in [-0.15, -0.1) is 0 Å². The fourth-order valence-corrected chi connectivity index (χ4v) is 3.78.